The zero-order chi connectivity index (χ0) is 39.2. The maximum absolute atomic E-state index is 13.4. The van der Waals surface area contributed by atoms with Crippen molar-refractivity contribution in [3.8, 4) is 11.5 Å². The number of aliphatic hydroxyl groups is 1. The molecule has 0 spiro atoms. The monoisotopic (exact) mass is 762 g/mol. The van der Waals surface area contributed by atoms with Gasteiger partial charge in [0, 0.05) is 38.6 Å². The SMILES string of the molecule is CN(CCCCC[C@H](O)c1ccc(O)c2[nH]c(=O)ccc12)C(=O)c1cc(COc2cccc([C@@H](NC(=O)O[C@H]3CN4CCC3CC4)c3ccccc3)c2)nn1C. The van der Waals surface area contributed by atoms with Gasteiger partial charge >= 0.3 is 6.09 Å². The van der Waals surface area contributed by atoms with Crippen LogP contribution in [0.3, 0.4) is 0 Å². The van der Waals surface area contributed by atoms with E-state index in [2.05, 4.69) is 20.3 Å². The molecule has 0 aliphatic carbocycles. The van der Waals surface area contributed by atoms with E-state index in [0.717, 1.165) is 62.9 Å². The molecule has 3 saturated heterocycles. The molecule has 56 heavy (non-hydrogen) atoms. The molecule has 2 bridgehead atoms. The number of hydrogen-bond acceptors (Lipinski definition) is 9. The third-order valence-electron chi connectivity index (χ3n) is 11.1. The Morgan fingerprint density at radius 1 is 0.982 bits per heavy atom. The summed E-state index contributed by atoms with van der Waals surface area (Å²) in [6.07, 6.45) is 3.61. The van der Waals surface area contributed by atoms with Gasteiger partial charge in [-0.3, -0.25) is 19.2 Å². The largest absolute Gasteiger partial charge is 0.506 e. The first kappa shape index (κ1) is 38.6. The number of fused-ring (bicyclic) bond motifs is 4. The second-order valence-corrected chi connectivity index (χ2v) is 15.0. The minimum atomic E-state index is -0.758. The van der Waals surface area contributed by atoms with Gasteiger partial charge in [0.05, 0.1) is 17.7 Å². The molecule has 5 heterocycles. The molecule has 294 valence electrons. The van der Waals surface area contributed by atoms with E-state index in [1.54, 1.807) is 41.9 Å². The lowest BCUT2D eigenvalue weighted by Gasteiger charge is -2.43. The summed E-state index contributed by atoms with van der Waals surface area (Å²) in [5, 5.41) is 29.3. The number of aryl methyl sites for hydroxylation is 1. The number of nitrogens with zero attached hydrogens (tertiary/aromatic N) is 4. The van der Waals surface area contributed by atoms with Crippen molar-refractivity contribution in [2.45, 2.75) is 63.4 Å². The van der Waals surface area contributed by atoms with Gasteiger partial charge in [0.1, 0.15) is 35.6 Å². The molecule has 3 atom stereocenters. The summed E-state index contributed by atoms with van der Waals surface area (Å²) in [5.74, 6) is 0.819. The quantitative estimate of drug-likeness (QED) is 0.0964. The summed E-state index contributed by atoms with van der Waals surface area (Å²) in [4.78, 5) is 45.0. The first-order valence-electron chi connectivity index (χ1n) is 19.4. The van der Waals surface area contributed by atoms with Crippen LogP contribution in [-0.2, 0) is 18.4 Å². The minimum absolute atomic E-state index is 0.0410. The number of hydrogen-bond donors (Lipinski definition) is 4. The lowest BCUT2D eigenvalue weighted by Crippen LogP contribution is -2.52. The fourth-order valence-electron chi connectivity index (χ4n) is 7.94. The molecule has 4 N–H and O–H groups in total. The zero-order valence-corrected chi connectivity index (χ0v) is 31.9. The Morgan fingerprint density at radius 2 is 1.77 bits per heavy atom. The Hall–Kier alpha value is -5.66. The second kappa shape index (κ2) is 17.4. The molecule has 3 aliphatic rings. The van der Waals surface area contributed by atoms with Crippen molar-refractivity contribution in [3.05, 3.63) is 123 Å². The van der Waals surface area contributed by atoms with Crippen LogP contribution in [0.15, 0.2) is 89.7 Å². The van der Waals surface area contributed by atoms with Crippen LogP contribution in [0.5, 0.6) is 11.5 Å². The summed E-state index contributed by atoms with van der Waals surface area (Å²) in [6.45, 7) is 3.61. The normalized spacial score (nSPS) is 18.7. The van der Waals surface area contributed by atoms with E-state index in [4.69, 9.17) is 9.47 Å². The maximum atomic E-state index is 13.4. The van der Waals surface area contributed by atoms with Crippen molar-refractivity contribution in [2.24, 2.45) is 13.0 Å². The predicted molar refractivity (Wildman–Crippen MR) is 211 cm³/mol. The maximum Gasteiger partial charge on any atom is 0.408 e. The number of carbonyl (C=O) groups is 2. The van der Waals surface area contributed by atoms with E-state index in [-0.39, 0.29) is 29.9 Å². The van der Waals surface area contributed by atoms with Crippen LogP contribution >= 0.6 is 0 Å². The van der Waals surface area contributed by atoms with Gasteiger partial charge in [-0.05, 0) is 91.7 Å². The number of nitrogens with one attached hydrogen (secondary N) is 2. The average molecular weight is 763 g/mol. The molecule has 3 fully saturated rings. The van der Waals surface area contributed by atoms with Crippen LogP contribution < -0.4 is 15.6 Å². The van der Waals surface area contributed by atoms with Crippen molar-refractivity contribution in [1.29, 1.82) is 0 Å². The number of unbranched alkanes of at least 4 members (excludes halogenated alkanes) is 2. The predicted octanol–water partition coefficient (Wildman–Crippen LogP) is 5.82. The molecule has 0 saturated carbocycles. The van der Waals surface area contributed by atoms with Crippen molar-refractivity contribution < 1.29 is 29.3 Å². The van der Waals surface area contributed by atoms with E-state index in [9.17, 15) is 24.6 Å². The molecule has 3 aliphatic heterocycles. The Morgan fingerprint density at radius 3 is 2.54 bits per heavy atom. The summed E-state index contributed by atoms with van der Waals surface area (Å²) < 4.78 is 13.7. The number of piperidine rings is 3. The van der Waals surface area contributed by atoms with Crippen LogP contribution in [-0.4, -0.2) is 86.1 Å². The van der Waals surface area contributed by atoms with Crippen molar-refractivity contribution in [1.82, 2.24) is 29.9 Å². The van der Waals surface area contributed by atoms with Crippen LogP contribution in [0.1, 0.15) is 83.5 Å². The van der Waals surface area contributed by atoms with Crippen molar-refractivity contribution >= 4 is 22.9 Å². The minimum Gasteiger partial charge on any atom is -0.506 e. The van der Waals surface area contributed by atoms with Gasteiger partial charge in [-0.15, -0.1) is 0 Å². The number of H-pyrrole nitrogens is 1. The Kier molecular flexibility index (Phi) is 12.0. The molecule has 13 nitrogen and oxygen atoms in total. The number of pyridine rings is 1. The standard InChI is InChI=1S/C43H50N6O7/c1-47(21-8-4-7-14-36(50)33-15-17-37(51)41-34(33)16-18-39(52)44-41)42(53)35-25-31(46-48(35)2)27-55-32-13-9-12-30(24-32)40(29-10-5-3-6-11-29)45-43(54)56-38-26-49-22-19-28(38)20-23-49/h3,5-6,9-13,15-18,24-25,28,36,38,40,50-51H,4,7-8,14,19-23,26-27H2,1-2H3,(H,44,52)(H,45,54)/t36-,38-,40-/m0/s1. The first-order chi connectivity index (χ1) is 27.1. The number of alkyl carbamates (subject to hydrolysis) is 1. The van der Waals surface area contributed by atoms with Gasteiger partial charge in [0.15, 0.2) is 0 Å². The molecule has 0 radical (unpaired) electrons. The molecule has 2 amide bonds. The Labute approximate surface area is 325 Å². The average Bonchev–Trinajstić information content (AvgIpc) is 3.59. The molecular weight excluding hydrogens is 713 g/mol. The van der Waals surface area contributed by atoms with Crippen molar-refractivity contribution in [3.63, 3.8) is 0 Å². The van der Waals surface area contributed by atoms with Gasteiger partial charge in [-0.1, -0.05) is 61.4 Å². The molecule has 5 aromatic rings. The topological polar surface area (TPSA) is 162 Å². The molecule has 3 aromatic carbocycles. The fraction of sp³-hybridized carbons (Fsp3) is 0.395. The van der Waals surface area contributed by atoms with E-state index >= 15 is 0 Å². The number of carbonyl (C=O) groups excluding carboxylic acids is 2. The number of aromatic amines is 1. The van der Waals surface area contributed by atoms with Gasteiger partial charge < -0.3 is 34.9 Å². The Bertz CT molecular complexity index is 2200. The molecule has 8 rings (SSSR count). The van der Waals surface area contributed by atoms with E-state index in [1.165, 1.54) is 12.1 Å². The zero-order valence-electron chi connectivity index (χ0n) is 31.9. The van der Waals surface area contributed by atoms with Gasteiger partial charge in [0.2, 0.25) is 5.56 Å². The highest BCUT2D eigenvalue weighted by atomic mass is 16.6. The van der Waals surface area contributed by atoms with E-state index < -0.39 is 18.2 Å². The summed E-state index contributed by atoms with van der Waals surface area (Å²) in [6, 6.07) is 24.8. The number of ether oxygens (including phenoxy) is 2. The number of rotatable bonds is 15. The first-order valence-corrected chi connectivity index (χ1v) is 19.4. The summed E-state index contributed by atoms with van der Waals surface area (Å²) in [7, 11) is 3.50. The molecular formula is C43H50N6O7. The summed E-state index contributed by atoms with van der Waals surface area (Å²) in [5.41, 5.74) is 3.46. The number of benzene rings is 3. The highest BCUT2D eigenvalue weighted by Gasteiger charge is 2.37. The van der Waals surface area contributed by atoms with Crippen LogP contribution in [0.4, 0.5) is 4.79 Å². The van der Waals surface area contributed by atoms with E-state index in [1.807, 2.05) is 54.6 Å². The third-order valence-corrected chi connectivity index (χ3v) is 11.1. The Balaban J connectivity index is 0.905. The number of amides is 2. The molecule has 13 heteroatoms. The van der Waals surface area contributed by atoms with E-state index in [0.29, 0.717) is 52.5 Å². The molecule has 0 unspecified atom stereocenters. The highest BCUT2D eigenvalue weighted by molar-refractivity contribution is 5.92. The summed E-state index contributed by atoms with van der Waals surface area (Å²) >= 11 is 0. The third kappa shape index (κ3) is 9.06. The number of aromatic hydroxyl groups is 1. The van der Waals surface area contributed by atoms with Gasteiger partial charge in [0.25, 0.3) is 5.91 Å². The van der Waals surface area contributed by atoms with Gasteiger partial charge in [-0.25, -0.2) is 4.79 Å². The van der Waals surface area contributed by atoms with Crippen LogP contribution in [0.25, 0.3) is 10.9 Å². The fourth-order valence-corrected chi connectivity index (χ4v) is 7.94. The smallest absolute Gasteiger partial charge is 0.408 e. The molecule has 2 aromatic heterocycles. The second-order valence-electron chi connectivity index (χ2n) is 15.0. The number of aliphatic hydroxyl groups excluding tert-OH is 1. The van der Waals surface area contributed by atoms with Crippen LogP contribution in [0, 0.1) is 5.92 Å². The lowest BCUT2D eigenvalue weighted by atomic mass is 9.86. The lowest BCUT2D eigenvalue weighted by molar-refractivity contribution is -0.0336. The number of phenols is 1. The number of aromatic nitrogens is 3. The highest BCUT2D eigenvalue weighted by Crippen LogP contribution is 2.32. The number of phenolic OH excluding ortho intramolecular Hbond substituents is 1. The van der Waals surface area contributed by atoms with Crippen LogP contribution in [0.2, 0.25) is 0 Å². The van der Waals surface area contributed by atoms with Gasteiger partial charge in [-0.2, -0.15) is 5.10 Å². The van der Waals surface area contributed by atoms with Crippen molar-refractivity contribution in [2.75, 3.05) is 33.2 Å².